The number of phenolic OH excluding ortho intramolecular Hbond substituents is 1. The number of nitrogens with one attached hydrogen (secondary N) is 1. The molecule has 0 aliphatic carbocycles. The van der Waals surface area contributed by atoms with Crippen molar-refractivity contribution in [1.82, 2.24) is 0 Å². The lowest BCUT2D eigenvalue weighted by Gasteiger charge is -2.09. The van der Waals surface area contributed by atoms with Crippen molar-refractivity contribution in [3.63, 3.8) is 0 Å². The Labute approximate surface area is 125 Å². The first-order chi connectivity index (χ1) is 9.10. The van der Waals surface area contributed by atoms with Crippen molar-refractivity contribution in [2.45, 2.75) is 6.54 Å². The average Bonchev–Trinajstić information content (AvgIpc) is 2.40. The summed E-state index contributed by atoms with van der Waals surface area (Å²) in [6.07, 6.45) is 0. The van der Waals surface area contributed by atoms with Gasteiger partial charge in [-0.3, -0.25) is 0 Å². The summed E-state index contributed by atoms with van der Waals surface area (Å²) in [6, 6.07) is 10.9. The van der Waals surface area contributed by atoms with E-state index in [-0.39, 0.29) is 5.75 Å². The number of halogens is 2. The first kappa shape index (κ1) is 14.0. The fourth-order valence-electron chi connectivity index (χ4n) is 1.64. The van der Waals surface area contributed by atoms with Gasteiger partial charge in [-0.05, 0) is 51.8 Å². The summed E-state index contributed by atoms with van der Waals surface area (Å²) in [7, 11) is 1.64. The molecule has 0 bridgehead atoms. The van der Waals surface area contributed by atoms with E-state index in [1.165, 1.54) is 0 Å². The summed E-state index contributed by atoms with van der Waals surface area (Å²) in [5.74, 6) is 0.885. The fourth-order valence-corrected chi connectivity index (χ4v) is 2.41. The van der Waals surface area contributed by atoms with Gasteiger partial charge in [0.2, 0.25) is 0 Å². The highest BCUT2D eigenvalue weighted by Gasteiger charge is 2.03. The van der Waals surface area contributed by atoms with Crippen molar-refractivity contribution in [3.8, 4) is 11.5 Å². The van der Waals surface area contributed by atoms with Gasteiger partial charge < -0.3 is 15.2 Å². The maximum Gasteiger partial charge on any atom is 0.134 e. The summed E-state index contributed by atoms with van der Waals surface area (Å²) in [5.41, 5.74) is 1.96. The largest absolute Gasteiger partial charge is 0.506 e. The summed E-state index contributed by atoms with van der Waals surface area (Å²) < 4.78 is 6.09. The molecule has 5 heteroatoms. The van der Waals surface area contributed by atoms with Crippen molar-refractivity contribution < 1.29 is 9.84 Å². The van der Waals surface area contributed by atoms with Crippen LogP contribution in [0.4, 0.5) is 5.69 Å². The maximum absolute atomic E-state index is 9.34. The Kier molecular flexibility index (Phi) is 4.56. The van der Waals surface area contributed by atoms with Crippen molar-refractivity contribution in [3.05, 3.63) is 51.5 Å². The average molecular weight is 343 g/mol. The van der Waals surface area contributed by atoms with Crippen LogP contribution in [0, 0.1) is 0 Å². The second-order valence-corrected chi connectivity index (χ2v) is 5.25. The van der Waals surface area contributed by atoms with Crippen molar-refractivity contribution >= 4 is 33.2 Å². The molecule has 2 aromatic rings. The molecule has 0 unspecified atom stereocenters. The molecular formula is C14H13BrClNO2. The van der Waals surface area contributed by atoms with Crippen LogP contribution in [0.25, 0.3) is 0 Å². The van der Waals surface area contributed by atoms with Crippen LogP contribution in [0.3, 0.4) is 0 Å². The van der Waals surface area contributed by atoms with Crippen LogP contribution < -0.4 is 10.1 Å². The van der Waals surface area contributed by atoms with Crippen LogP contribution in [0.5, 0.6) is 11.5 Å². The van der Waals surface area contributed by atoms with E-state index in [4.69, 9.17) is 16.3 Å². The molecule has 0 atom stereocenters. The number of benzene rings is 2. The molecule has 0 fully saturated rings. The first-order valence-corrected chi connectivity index (χ1v) is 6.82. The SMILES string of the molecule is COc1ccc(CNc2ccc(O)c(Cl)c2)cc1Br. The molecular weight excluding hydrogens is 330 g/mol. The summed E-state index contributed by atoms with van der Waals surface area (Å²) in [4.78, 5) is 0. The van der Waals surface area contributed by atoms with E-state index in [2.05, 4.69) is 21.2 Å². The quantitative estimate of drug-likeness (QED) is 0.808. The number of rotatable bonds is 4. The molecule has 0 heterocycles. The topological polar surface area (TPSA) is 41.5 Å². The van der Waals surface area contributed by atoms with Gasteiger partial charge in [-0.1, -0.05) is 17.7 Å². The number of aromatic hydroxyl groups is 1. The molecule has 2 aromatic carbocycles. The zero-order valence-electron chi connectivity index (χ0n) is 10.3. The second-order valence-electron chi connectivity index (χ2n) is 3.99. The van der Waals surface area contributed by atoms with E-state index in [9.17, 15) is 5.11 Å². The van der Waals surface area contributed by atoms with Crippen LogP contribution in [0.1, 0.15) is 5.56 Å². The lowest BCUT2D eigenvalue weighted by molar-refractivity contribution is 0.412. The lowest BCUT2D eigenvalue weighted by Crippen LogP contribution is -1.99. The van der Waals surface area contributed by atoms with E-state index in [1.54, 1.807) is 25.3 Å². The number of ether oxygens (including phenoxy) is 1. The normalized spacial score (nSPS) is 10.3. The van der Waals surface area contributed by atoms with Crippen LogP contribution in [-0.2, 0) is 6.54 Å². The van der Waals surface area contributed by atoms with Gasteiger partial charge in [-0.25, -0.2) is 0 Å². The van der Waals surface area contributed by atoms with Gasteiger partial charge in [0.25, 0.3) is 0 Å². The van der Waals surface area contributed by atoms with Crippen LogP contribution in [-0.4, -0.2) is 12.2 Å². The highest BCUT2D eigenvalue weighted by atomic mass is 79.9. The third kappa shape index (κ3) is 3.55. The Morgan fingerprint density at radius 1 is 1.26 bits per heavy atom. The first-order valence-electron chi connectivity index (χ1n) is 5.65. The second kappa shape index (κ2) is 6.17. The van der Waals surface area contributed by atoms with Gasteiger partial charge >= 0.3 is 0 Å². The fraction of sp³-hybridized carbons (Fsp3) is 0.143. The number of hydrogen-bond donors (Lipinski definition) is 2. The number of phenols is 1. The predicted octanol–water partition coefficient (Wildman–Crippen LogP) is 4.43. The molecule has 0 aliphatic heterocycles. The minimum atomic E-state index is 0.0828. The third-order valence-corrected chi connectivity index (χ3v) is 3.58. The Bertz CT molecular complexity index is 590. The summed E-state index contributed by atoms with van der Waals surface area (Å²) in [6.45, 7) is 0.656. The van der Waals surface area contributed by atoms with Crippen LogP contribution in [0.15, 0.2) is 40.9 Å². The summed E-state index contributed by atoms with van der Waals surface area (Å²) in [5, 5.41) is 12.9. The Morgan fingerprint density at radius 3 is 2.68 bits per heavy atom. The van der Waals surface area contributed by atoms with E-state index >= 15 is 0 Å². The van der Waals surface area contributed by atoms with E-state index in [0.29, 0.717) is 11.6 Å². The number of hydrogen-bond acceptors (Lipinski definition) is 3. The molecule has 0 radical (unpaired) electrons. The van der Waals surface area contributed by atoms with Gasteiger partial charge in [0.1, 0.15) is 11.5 Å². The molecule has 100 valence electrons. The van der Waals surface area contributed by atoms with E-state index in [1.807, 2.05) is 18.2 Å². The van der Waals surface area contributed by atoms with Crippen molar-refractivity contribution in [1.29, 1.82) is 0 Å². The van der Waals surface area contributed by atoms with Gasteiger partial charge in [0.05, 0.1) is 16.6 Å². The molecule has 0 saturated carbocycles. The summed E-state index contributed by atoms with van der Waals surface area (Å²) >= 11 is 9.29. The Morgan fingerprint density at radius 2 is 2.05 bits per heavy atom. The molecule has 0 aromatic heterocycles. The van der Waals surface area contributed by atoms with Crippen LogP contribution in [0.2, 0.25) is 5.02 Å². The highest BCUT2D eigenvalue weighted by Crippen LogP contribution is 2.28. The lowest BCUT2D eigenvalue weighted by atomic mass is 10.2. The maximum atomic E-state index is 9.34. The molecule has 0 aliphatic rings. The molecule has 3 nitrogen and oxygen atoms in total. The highest BCUT2D eigenvalue weighted by molar-refractivity contribution is 9.10. The standard InChI is InChI=1S/C14H13BrClNO2/c1-19-14-5-2-9(6-11(14)15)8-17-10-3-4-13(18)12(16)7-10/h2-7,17-18H,8H2,1H3. The Balaban J connectivity index is 2.05. The number of methoxy groups -OCH3 is 1. The van der Waals surface area contributed by atoms with E-state index in [0.717, 1.165) is 21.5 Å². The molecule has 2 N–H and O–H groups in total. The third-order valence-electron chi connectivity index (χ3n) is 2.66. The zero-order valence-corrected chi connectivity index (χ0v) is 12.6. The van der Waals surface area contributed by atoms with E-state index < -0.39 is 0 Å². The van der Waals surface area contributed by atoms with Crippen molar-refractivity contribution in [2.24, 2.45) is 0 Å². The molecule has 0 saturated heterocycles. The smallest absolute Gasteiger partial charge is 0.134 e. The van der Waals surface area contributed by atoms with Gasteiger partial charge in [-0.2, -0.15) is 0 Å². The van der Waals surface area contributed by atoms with Gasteiger partial charge in [0.15, 0.2) is 0 Å². The number of anilines is 1. The molecule has 0 spiro atoms. The van der Waals surface area contributed by atoms with Crippen molar-refractivity contribution in [2.75, 3.05) is 12.4 Å². The molecule has 0 amide bonds. The monoisotopic (exact) mass is 341 g/mol. The molecule has 2 rings (SSSR count). The zero-order chi connectivity index (χ0) is 13.8. The minimum Gasteiger partial charge on any atom is -0.506 e. The minimum absolute atomic E-state index is 0.0828. The van der Waals surface area contributed by atoms with Gasteiger partial charge in [0, 0.05) is 12.2 Å². The van der Waals surface area contributed by atoms with Gasteiger partial charge in [-0.15, -0.1) is 0 Å². The predicted molar refractivity (Wildman–Crippen MR) is 81.1 cm³/mol. The van der Waals surface area contributed by atoms with Crippen LogP contribution >= 0.6 is 27.5 Å². The molecule has 19 heavy (non-hydrogen) atoms. The Hall–Kier alpha value is -1.39.